The van der Waals surface area contributed by atoms with Gasteiger partial charge in [-0.2, -0.15) is 0 Å². The van der Waals surface area contributed by atoms with Gasteiger partial charge in [0.25, 0.3) is 0 Å². The minimum Gasteiger partial charge on any atom is -0.309 e. The number of alkyl halides is 1. The van der Waals surface area contributed by atoms with Gasteiger partial charge >= 0.3 is 0 Å². The summed E-state index contributed by atoms with van der Waals surface area (Å²) in [4.78, 5) is 12.7. The zero-order valence-electron chi connectivity index (χ0n) is 8.01. The van der Waals surface area contributed by atoms with Crippen LogP contribution in [0.4, 0.5) is 14.5 Å². The summed E-state index contributed by atoms with van der Waals surface area (Å²) in [7, 11) is 0. The summed E-state index contributed by atoms with van der Waals surface area (Å²) in [5.74, 6) is -1.60. The van der Waals surface area contributed by atoms with E-state index in [2.05, 4.69) is 31.9 Å². The summed E-state index contributed by atoms with van der Waals surface area (Å²) in [6.45, 7) is 0.434. The van der Waals surface area contributed by atoms with Crippen molar-refractivity contribution in [2.45, 2.75) is 11.2 Å². The Hall–Kier alpha value is -0.490. The van der Waals surface area contributed by atoms with E-state index in [1.54, 1.807) is 0 Å². The van der Waals surface area contributed by atoms with Crippen LogP contribution in [0, 0.1) is 11.6 Å². The molecule has 1 amide bonds. The highest BCUT2D eigenvalue weighted by Crippen LogP contribution is 2.31. The summed E-state index contributed by atoms with van der Waals surface area (Å²) >= 11 is 6.17. The molecule has 1 aromatic rings. The highest BCUT2D eigenvalue weighted by Gasteiger charge is 2.32. The first kappa shape index (κ1) is 12.0. The molecule has 0 spiro atoms. The summed E-state index contributed by atoms with van der Waals surface area (Å²) < 4.78 is 26.7. The zero-order valence-corrected chi connectivity index (χ0v) is 11.2. The first-order valence-electron chi connectivity index (χ1n) is 4.60. The molecule has 1 unspecified atom stereocenters. The van der Waals surface area contributed by atoms with Crippen LogP contribution in [0.1, 0.15) is 6.42 Å². The van der Waals surface area contributed by atoms with Gasteiger partial charge < -0.3 is 4.90 Å². The molecular formula is C10H7Br2F2NO. The molecule has 1 saturated heterocycles. The number of anilines is 1. The van der Waals surface area contributed by atoms with E-state index in [1.807, 2.05) is 0 Å². The number of nitrogens with zero attached hydrogens (tertiary/aromatic N) is 1. The smallest absolute Gasteiger partial charge is 0.240 e. The summed E-state index contributed by atoms with van der Waals surface area (Å²) in [5.41, 5.74) is 0.111. The number of carbonyl (C=O) groups excluding carboxylic acids is 1. The standard InChI is InChI=1S/C10H7Br2F2NO/c11-5-1-2-15(10(5)16)9-3-6(12)7(13)4-8(9)14/h3-5H,1-2H2. The largest absolute Gasteiger partial charge is 0.309 e. The molecule has 0 N–H and O–H groups in total. The molecule has 1 aliphatic heterocycles. The van der Waals surface area contributed by atoms with Crippen LogP contribution in [0.2, 0.25) is 0 Å². The molecule has 1 atom stereocenters. The minimum atomic E-state index is -0.726. The molecule has 1 aromatic carbocycles. The van der Waals surface area contributed by atoms with Gasteiger partial charge in [-0.05, 0) is 28.4 Å². The van der Waals surface area contributed by atoms with Crippen molar-refractivity contribution in [3.8, 4) is 0 Å². The second-order valence-electron chi connectivity index (χ2n) is 3.46. The van der Waals surface area contributed by atoms with Crippen LogP contribution in [-0.2, 0) is 4.79 Å². The Labute approximate surface area is 108 Å². The lowest BCUT2D eigenvalue weighted by Crippen LogP contribution is -2.28. The van der Waals surface area contributed by atoms with Crippen molar-refractivity contribution in [1.29, 1.82) is 0 Å². The van der Waals surface area contributed by atoms with E-state index >= 15 is 0 Å². The number of amides is 1. The molecule has 0 bridgehead atoms. The third-order valence-corrected chi connectivity index (χ3v) is 3.88. The van der Waals surface area contributed by atoms with Gasteiger partial charge in [0.1, 0.15) is 11.6 Å². The van der Waals surface area contributed by atoms with Crippen LogP contribution in [0.25, 0.3) is 0 Å². The van der Waals surface area contributed by atoms with Gasteiger partial charge in [-0.15, -0.1) is 0 Å². The molecular weight excluding hydrogens is 348 g/mol. The summed E-state index contributed by atoms with van der Waals surface area (Å²) in [5, 5.41) is 0. The molecule has 0 saturated carbocycles. The molecule has 1 heterocycles. The fourth-order valence-corrected chi connectivity index (χ4v) is 2.39. The Balaban J connectivity index is 2.41. The van der Waals surface area contributed by atoms with E-state index in [4.69, 9.17) is 0 Å². The Morgan fingerprint density at radius 1 is 1.31 bits per heavy atom. The predicted molar refractivity (Wildman–Crippen MR) is 63.7 cm³/mol. The van der Waals surface area contributed by atoms with Crippen molar-refractivity contribution < 1.29 is 13.6 Å². The van der Waals surface area contributed by atoms with Gasteiger partial charge in [-0.25, -0.2) is 8.78 Å². The molecule has 2 rings (SSSR count). The molecule has 2 nitrogen and oxygen atoms in total. The van der Waals surface area contributed by atoms with Crippen LogP contribution in [0.3, 0.4) is 0 Å². The second kappa shape index (κ2) is 4.41. The molecule has 86 valence electrons. The lowest BCUT2D eigenvalue weighted by Gasteiger charge is -2.17. The number of benzene rings is 1. The first-order valence-corrected chi connectivity index (χ1v) is 6.31. The van der Waals surface area contributed by atoms with Crippen LogP contribution in [-0.4, -0.2) is 17.3 Å². The highest BCUT2D eigenvalue weighted by molar-refractivity contribution is 9.10. The van der Waals surface area contributed by atoms with Crippen molar-refractivity contribution in [2.75, 3.05) is 11.4 Å². The Bertz CT molecular complexity index is 453. The van der Waals surface area contributed by atoms with Crippen molar-refractivity contribution in [1.82, 2.24) is 0 Å². The zero-order chi connectivity index (χ0) is 11.9. The summed E-state index contributed by atoms with van der Waals surface area (Å²) in [6.07, 6.45) is 0.618. The number of rotatable bonds is 1. The van der Waals surface area contributed by atoms with Gasteiger partial charge in [0.15, 0.2) is 0 Å². The normalized spacial score (nSPS) is 20.6. The molecule has 0 radical (unpaired) electrons. The maximum absolute atomic E-state index is 13.5. The van der Waals surface area contributed by atoms with Crippen LogP contribution in [0.5, 0.6) is 0 Å². The Kier molecular flexibility index (Phi) is 3.30. The maximum atomic E-state index is 13.5. The Morgan fingerprint density at radius 2 is 2.00 bits per heavy atom. The number of carbonyl (C=O) groups is 1. The van der Waals surface area contributed by atoms with Crippen molar-refractivity contribution in [3.63, 3.8) is 0 Å². The number of halogens is 4. The lowest BCUT2D eigenvalue weighted by atomic mass is 10.2. The first-order chi connectivity index (χ1) is 7.50. The monoisotopic (exact) mass is 353 g/mol. The molecule has 1 fully saturated rings. The van der Waals surface area contributed by atoms with Crippen LogP contribution in [0.15, 0.2) is 16.6 Å². The second-order valence-corrected chi connectivity index (χ2v) is 5.42. The fourth-order valence-electron chi connectivity index (χ4n) is 1.60. The van der Waals surface area contributed by atoms with Crippen LogP contribution >= 0.6 is 31.9 Å². The van der Waals surface area contributed by atoms with E-state index in [0.29, 0.717) is 13.0 Å². The predicted octanol–water partition coefficient (Wildman–Crippen LogP) is 3.23. The third-order valence-electron chi connectivity index (χ3n) is 2.42. The number of hydrogen-bond acceptors (Lipinski definition) is 1. The summed E-state index contributed by atoms with van der Waals surface area (Å²) in [6, 6.07) is 2.06. The van der Waals surface area contributed by atoms with E-state index in [1.165, 1.54) is 11.0 Å². The van der Waals surface area contributed by atoms with Crippen molar-refractivity contribution in [3.05, 3.63) is 28.2 Å². The van der Waals surface area contributed by atoms with Crippen molar-refractivity contribution >= 4 is 43.5 Å². The maximum Gasteiger partial charge on any atom is 0.240 e. The van der Waals surface area contributed by atoms with E-state index in [-0.39, 0.29) is 20.9 Å². The molecule has 16 heavy (non-hydrogen) atoms. The minimum absolute atomic E-state index is 0.111. The average Bonchev–Trinajstić information content (AvgIpc) is 2.54. The van der Waals surface area contributed by atoms with Crippen molar-refractivity contribution in [2.24, 2.45) is 0 Å². The van der Waals surface area contributed by atoms with Gasteiger partial charge in [-0.3, -0.25) is 4.79 Å². The average molecular weight is 355 g/mol. The van der Waals surface area contributed by atoms with Gasteiger partial charge in [0.2, 0.25) is 5.91 Å². The number of hydrogen-bond donors (Lipinski definition) is 0. The van der Waals surface area contributed by atoms with Crippen LogP contribution < -0.4 is 4.90 Å². The lowest BCUT2D eigenvalue weighted by molar-refractivity contribution is -0.116. The molecule has 6 heteroatoms. The van der Waals surface area contributed by atoms with Gasteiger partial charge in [0.05, 0.1) is 15.0 Å². The molecule has 0 aromatic heterocycles. The quantitative estimate of drug-likeness (QED) is 0.560. The highest BCUT2D eigenvalue weighted by atomic mass is 79.9. The SMILES string of the molecule is O=C1C(Br)CCN1c1cc(Br)c(F)cc1F. The van der Waals surface area contributed by atoms with E-state index in [0.717, 1.165) is 6.07 Å². The van der Waals surface area contributed by atoms with Gasteiger partial charge in [-0.1, -0.05) is 15.9 Å². The fraction of sp³-hybridized carbons (Fsp3) is 0.300. The molecule has 0 aliphatic carbocycles. The molecule has 1 aliphatic rings. The van der Waals surface area contributed by atoms with Gasteiger partial charge in [0, 0.05) is 12.6 Å². The van der Waals surface area contributed by atoms with E-state index < -0.39 is 11.6 Å². The topological polar surface area (TPSA) is 20.3 Å². The third kappa shape index (κ3) is 2.00. The Morgan fingerprint density at radius 3 is 2.56 bits per heavy atom. The van der Waals surface area contributed by atoms with E-state index in [9.17, 15) is 13.6 Å².